The van der Waals surface area contributed by atoms with Gasteiger partial charge in [-0.05, 0) is 40.5 Å². The van der Waals surface area contributed by atoms with Crippen LogP contribution in [0.3, 0.4) is 0 Å². The van der Waals surface area contributed by atoms with Crippen LogP contribution in [0.1, 0.15) is 53.4 Å². The third kappa shape index (κ3) is 5.41. The van der Waals surface area contributed by atoms with Gasteiger partial charge in [0.2, 0.25) is 0 Å². The Hall–Kier alpha value is -0.850. The van der Waals surface area contributed by atoms with Gasteiger partial charge in [0.1, 0.15) is 5.60 Å². The van der Waals surface area contributed by atoms with Gasteiger partial charge in [-0.2, -0.15) is 0 Å². The summed E-state index contributed by atoms with van der Waals surface area (Å²) in [6.45, 7) is 9.65. The van der Waals surface area contributed by atoms with Crippen LogP contribution in [0.5, 0.6) is 0 Å². The Morgan fingerprint density at radius 1 is 1.27 bits per heavy atom. The molecule has 1 amide bonds. The largest absolute Gasteiger partial charge is 0.444 e. The minimum atomic E-state index is -0.459. The highest BCUT2D eigenvalue weighted by Gasteiger charge is 2.40. The second-order valence-corrected chi connectivity index (χ2v) is 7.33. The van der Waals surface area contributed by atoms with E-state index in [1.807, 2.05) is 20.8 Å². The number of hydrogen-bond donors (Lipinski definition) is 2. The van der Waals surface area contributed by atoms with Gasteiger partial charge in [0, 0.05) is 31.5 Å². The molecular weight excluding hydrogens is 284 g/mol. The standard InChI is InChI=1S/C16H30N2O4/c1-12(11-17-14(19)22-15(2,3)4)18-13-5-7-16(8-6-13)20-9-10-21-16/h12-13,18H,5-11H2,1-4H3,(H,17,19). The van der Waals surface area contributed by atoms with E-state index in [4.69, 9.17) is 14.2 Å². The molecule has 128 valence electrons. The molecule has 22 heavy (non-hydrogen) atoms. The molecule has 2 aliphatic rings. The Morgan fingerprint density at radius 3 is 2.41 bits per heavy atom. The monoisotopic (exact) mass is 314 g/mol. The molecular formula is C16H30N2O4. The lowest BCUT2D eigenvalue weighted by Gasteiger charge is -2.36. The van der Waals surface area contributed by atoms with Crippen molar-refractivity contribution in [2.45, 2.75) is 76.9 Å². The molecule has 1 aliphatic carbocycles. The molecule has 1 atom stereocenters. The maximum absolute atomic E-state index is 11.6. The fourth-order valence-electron chi connectivity index (χ4n) is 3.02. The second kappa shape index (κ2) is 7.15. The Kier molecular flexibility index (Phi) is 5.69. The van der Waals surface area contributed by atoms with E-state index < -0.39 is 5.60 Å². The van der Waals surface area contributed by atoms with E-state index in [0.29, 0.717) is 25.8 Å². The molecule has 1 unspecified atom stereocenters. The summed E-state index contributed by atoms with van der Waals surface area (Å²) in [6, 6.07) is 0.658. The minimum Gasteiger partial charge on any atom is -0.444 e. The molecule has 6 heteroatoms. The van der Waals surface area contributed by atoms with E-state index in [1.165, 1.54) is 0 Å². The lowest BCUT2D eigenvalue weighted by atomic mass is 9.89. The Labute approximate surface area is 133 Å². The summed E-state index contributed by atoms with van der Waals surface area (Å²) in [7, 11) is 0. The van der Waals surface area contributed by atoms with Crippen molar-refractivity contribution in [2.24, 2.45) is 0 Å². The summed E-state index contributed by atoms with van der Waals surface area (Å²) < 4.78 is 16.7. The van der Waals surface area contributed by atoms with Gasteiger partial charge in [-0.3, -0.25) is 0 Å². The lowest BCUT2D eigenvalue weighted by Crippen LogP contribution is -2.48. The lowest BCUT2D eigenvalue weighted by molar-refractivity contribution is -0.179. The number of alkyl carbamates (subject to hydrolysis) is 1. The number of rotatable bonds is 4. The van der Waals surface area contributed by atoms with Gasteiger partial charge in [0.15, 0.2) is 5.79 Å². The molecule has 0 bridgehead atoms. The predicted octanol–water partition coefficient (Wildman–Crippen LogP) is 2.17. The molecule has 2 rings (SSSR count). The molecule has 0 aromatic carbocycles. The number of ether oxygens (including phenoxy) is 3. The Bertz CT molecular complexity index is 365. The third-order valence-electron chi connectivity index (χ3n) is 4.03. The summed E-state index contributed by atoms with van der Waals surface area (Å²) in [5, 5.41) is 6.37. The molecule has 2 N–H and O–H groups in total. The van der Waals surface area contributed by atoms with Crippen molar-refractivity contribution < 1.29 is 19.0 Å². The molecule has 0 radical (unpaired) electrons. The van der Waals surface area contributed by atoms with Crippen molar-refractivity contribution in [3.05, 3.63) is 0 Å². The summed E-state index contributed by atoms with van der Waals surface area (Å²) >= 11 is 0. The van der Waals surface area contributed by atoms with E-state index in [1.54, 1.807) is 0 Å². The third-order valence-corrected chi connectivity index (χ3v) is 4.03. The van der Waals surface area contributed by atoms with Crippen molar-refractivity contribution >= 4 is 6.09 Å². The van der Waals surface area contributed by atoms with Gasteiger partial charge in [0.05, 0.1) is 13.2 Å². The van der Waals surface area contributed by atoms with E-state index in [-0.39, 0.29) is 17.9 Å². The summed E-state index contributed by atoms with van der Waals surface area (Å²) in [4.78, 5) is 11.6. The van der Waals surface area contributed by atoms with Crippen LogP contribution >= 0.6 is 0 Å². The summed E-state index contributed by atoms with van der Waals surface area (Å²) in [6.07, 6.45) is 3.60. The topological polar surface area (TPSA) is 68.8 Å². The molecule has 1 spiro atoms. The number of nitrogens with one attached hydrogen (secondary N) is 2. The molecule has 1 aliphatic heterocycles. The molecule has 1 saturated heterocycles. The van der Waals surface area contributed by atoms with Crippen molar-refractivity contribution in [1.82, 2.24) is 10.6 Å². The highest BCUT2D eigenvalue weighted by Crippen LogP contribution is 2.35. The van der Waals surface area contributed by atoms with E-state index in [9.17, 15) is 4.79 Å². The number of carbonyl (C=O) groups excluding carboxylic acids is 1. The fourth-order valence-corrected chi connectivity index (χ4v) is 3.02. The first-order valence-corrected chi connectivity index (χ1v) is 8.29. The van der Waals surface area contributed by atoms with Crippen molar-refractivity contribution in [3.8, 4) is 0 Å². The smallest absolute Gasteiger partial charge is 0.407 e. The van der Waals surface area contributed by atoms with Crippen molar-refractivity contribution in [3.63, 3.8) is 0 Å². The quantitative estimate of drug-likeness (QED) is 0.832. The van der Waals surface area contributed by atoms with Crippen LogP contribution < -0.4 is 10.6 Å². The first-order chi connectivity index (χ1) is 10.3. The minimum absolute atomic E-state index is 0.206. The normalized spacial score (nSPS) is 23.5. The molecule has 6 nitrogen and oxygen atoms in total. The first-order valence-electron chi connectivity index (χ1n) is 8.29. The van der Waals surface area contributed by atoms with E-state index in [2.05, 4.69) is 17.6 Å². The Balaban J connectivity index is 1.63. The fraction of sp³-hybridized carbons (Fsp3) is 0.938. The van der Waals surface area contributed by atoms with Crippen LogP contribution in [0.15, 0.2) is 0 Å². The first kappa shape index (κ1) is 17.5. The zero-order valence-electron chi connectivity index (χ0n) is 14.2. The summed E-state index contributed by atoms with van der Waals surface area (Å²) in [5.41, 5.74) is -0.459. The maximum atomic E-state index is 11.6. The SMILES string of the molecule is CC(CNC(=O)OC(C)(C)C)NC1CCC2(CC1)OCCO2. The number of hydrogen-bond acceptors (Lipinski definition) is 5. The number of amides is 1. The van der Waals surface area contributed by atoms with Crippen LogP contribution in [-0.2, 0) is 14.2 Å². The van der Waals surface area contributed by atoms with Gasteiger partial charge in [0.25, 0.3) is 0 Å². The molecule has 0 aromatic heterocycles. The molecule has 2 fully saturated rings. The number of carbonyl (C=O) groups is 1. The van der Waals surface area contributed by atoms with Crippen LogP contribution in [-0.4, -0.2) is 49.3 Å². The maximum Gasteiger partial charge on any atom is 0.407 e. The highest BCUT2D eigenvalue weighted by atomic mass is 16.7. The van der Waals surface area contributed by atoms with Crippen LogP contribution in [0, 0.1) is 0 Å². The van der Waals surface area contributed by atoms with Crippen molar-refractivity contribution in [2.75, 3.05) is 19.8 Å². The average Bonchev–Trinajstić information content (AvgIpc) is 2.86. The van der Waals surface area contributed by atoms with E-state index in [0.717, 1.165) is 25.7 Å². The predicted molar refractivity (Wildman–Crippen MR) is 83.7 cm³/mol. The van der Waals surface area contributed by atoms with Gasteiger partial charge >= 0.3 is 6.09 Å². The van der Waals surface area contributed by atoms with Crippen LogP contribution in [0.25, 0.3) is 0 Å². The average molecular weight is 314 g/mol. The highest BCUT2D eigenvalue weighted by molar-refractivity contribution is 5.67. The molecule has 1 saturated carbocycles. The summed E-state index contributed by atoms with van der Waals surface area (Å²) in [5.74, 6) is -0.309. The van der Waals surface area contributed by atoms with Crippen molar-refractivity contribution in [1.29, 1.82) is 0 Å². The van der Waals surface area contributed by atoms with Crippen LogP contribution in [0.2, 0.25) is 0 Å². The second-order valence-electron chi connectivity index (χ2n) is 7.33. The van der Waals surface area contributed by atoms with Gasteiger partial charge in [-0.1, -0.05) is 0 Å². The van der Waals surface area contributed by atoms with Gasteiger partial charge in [-0.25, -0.2) is 4.79 Å². The van der Waals surface area contributed by atoms with E-state index >= 15 is 0 Å². The Morgan fingerprint density at radius 2 is 1.86 bits per heavy atom. The van der Waals surface area contributed by atoms with Crippen LogP contribution in [0.4, 0.5) is 4.79 Å². The van der Waals surface area contributed by atoms with Gasteiger partial charge < -0.3 is 24.8 Å². The zero-order valence-corrected chi connectivity index (χ0v) is 14.2. The molecule has 1 heterocycles. The molecule has 0 aromatic rings. The van der Waals surface area contributed by atoms with Gasteiger partial charge in [-0.15, -0.1) is 0 Å². The zero-order chi connectivity index (χ0) is 16.2.